The van der Waals surface area contributed by atoms with Gasteiger partial charge in [0.05, 0.1) is 0 Å². The number of nitrogens with one attached hydrogen (secondary N) is 2. The first-order chi connectivity index (χ1) is 10.8. The van der Waals surface area contributed by atoms with E-state index in [2.05, 4.69) is 20.6 Å². The molecule has 1 amide bonds. The molecular formula is C16H25N5O. The largest absolute Gasteiger partial charge is 0.370 e. The number of aliphatic imine (C=N–C) groups is 1. The second kappa shape index (κ2) is 9.02. The van der Waals surface area contributed by atoms with Crippen LogP contribution in [0.5, 0.6) is 0 Å². The van der Waals surface area contributed by atoms with Crippen molar-refractivity contribution in [1.82, 2.24) is 15.6 Å². The number of guanidine groups is 1. The third-order valence-corrected chi connectivity index (χ3v) is 3.81. The van der Waals surface area contributed by atoms with Gasteiger partial charge < -0.3 is 16.4 Å². The van der Waals surface area contributed by atoms with E-state index >= 15 is 0 Å². The normalized spacial score (nSPS) is 15.2. The van der Waals surface area contributed by atoms with Gasteiger partial charge >= 0.3 is 0 Å². The van der Waals surface area contributed by atoms with Crippen molar-refractivity contribution in [1.29, 1.82) is 0 Å². The van der Waals surface area contributed by atoms with Gasteiger partial charge in [-0.25, -0.2) is 0 Å². The van der Waals surface area contributed by atoms with Gasteiger partial charge in [-0.2, -0.15) is 0 Å². The number of carbonyl (C=O) groups is 1. The molecule has 2 rings (SSSR count). The lowest BCUT2D eigenvalue weighted by atomic mass is 9.85. The second-order valence-corrected chi connectivity index (χ2v) is 5.54. The third kappa shape index (κ3) is 5.71. The molecule has 0 saturated heterocycles. The average molecular weight is 303 g/mol. The van der Waals surface area contributed by atoms with E-state index in [9.17, 15) is 4.79 Å². The summed E-state index contributed by atoms with van der Waals surface area (Å²) in [4.78, 5) is 20.1. The summed E-state index contributed by atoms with van der Waals surface area (Å²) in [5.74, 6) is 0.889. The molecule has 6 heteroatoms. The Labute approximate surface area is 131 Å². The van der Waals surface area contributed by atoms with E-state index in [0.717, 1.165) is 31.4 Å². The highest BCUT2D eigenvalue weighted by molar-refractivity contribution is 5.79. The molecule has 0 bridgehead atoms. The molecule has 1 aliphatic rings. The molecule has 6 nitrogen and oxygen atoms in total. The van der Waals surface area contributed by atoms with Crippen molar-refractivity contribution in [2.75, 3.05) is 19.6 Å². The number of carbonyl (C=O) groups excluding carboxylic acids is 1. The van der Waals surface area contributed by atoms with Crippen molar-refractivity contribution in [3.63, 3.8) is 0 Å². The maximum Gasteiger partial charge on any atom is 0.223 e. The molecular weight excluding hydrogens is 278 g/mol. The molecule has 1 aliphatic carbocycles. The van der Waals surface area contributed by atoms with Crippen LogP contribution in [0.1, 0.15) is 31.4 Å². The van der Waals surface area contributed by atoms with Crippen LogP contribution < -0.4 is 16.4 Å². The quantitative estimate of drug-likeness (QED) is 0.377. The van der Waals surface area contributed by atoms with Crippen LogP contribution in [-0.2, 0) is 11.2 Å². The molecule has 120 valence electrons. The first-order valence-electron chi connectivity index (χ1n) is 7.97. The maximum absolute atomic E-state index is 11.6. The average Bonchev–Trinajstić information content (AvgIpc) is 2.46. The standard InChI is InChI=1S/C16H25N5O/c17-16(21-12-8-14-7-1-2-9-18-14)20-11-4-10-19-15(22)13-5-3-6-13/h1-2,7,9,13H,3-6,8,10-12H2,(H,19,22)(H3,17,20,21). The van der Waals surface area contributed by atoms with E-state index in [1.807, 2.05) is 18.2 Å². The van der Waals surface area contributed by atoms with Crippen LogP contribution in [0, 0.1) is 5.92 Å². The van der Waals surface area contributed by atoms with Gasteiger partial charge in [-0.15, -0.1) is 0 Å². The number of pyridine rings is 1. The minimum absolute atomic E-state index is 0.191. The minimum Gasteiger partial charge on any atom is -0.370 e. The molecule has 0 atom stereocenters. The number of hydrogen-bond acceptors (Lipinski definition) is 3. The van der Waals surface area contributed by atoms with E-state index in [4.69, 9.17) is 5.73 Å². The Morgan fingerprint density at radius 1 is 1.32 bits per heavy atom. The molecule has 0 aromatic carbocycles. The van der Waals surface area contributed by atoms with Crippen LogP contribution in [0.15, 0.2) is 29.4 Å². The first-order valence-corrected chi connectivity index (χ1v) is 7.97. The van der Waals surface area contributed by atoms with Gasteiger partial charge in [-0.05, 0) is 31.4 Å². The van der Waals surface area contributed by atoms with E-state index in [-0.39, 0.29) is 11.8 Å². The van der Waals surface area contributed by atoms with Crippen molar-refractivity contribution in [2.45, 2.75) is 32.1 Å². The fourth-order valence-corrected chi connectivity index (χ4v) is 2.23. The highest BCUT2D eigenvalue weighted by Gasteiger charge is 2.24. The minimum atomic E-state index is 0.191. The van der Waals surface area contributed by atoms with Crippen molar-refractivity contribution in [2.24, 2.45) is 16.6 Å². The molecule has 1 saturated carbocycles. The summed E-state index contributed by atoms with van der Waals surface area (Å²) in [6.07, 6.45) is 6.66. The predicted molar refractivity (Wildman–Crippen MR) is 87.4 cm³/mol. The van der Waals surface area contributed by atoms with Crippen LogP contribution in [0.3, 0.4) is 0 Å². The smallest absolute Gasteiger partial charge is 0.223 e. The summed E-state index contributed by atoms with van der Waals surface area (Å²) in [6.45, 7) is 2.00. The second-order valence-electron chi connectivity index (χ2n) is 5.54. The first kappa shape index (κ1) is 16.3. The van der Waals surface area contributed by atoms with E-state index < -0.39 is 0 Å². The SMILES string of the molecule is NC(=NCCCNC(=O)C1CCC1)NCCc1ccccn1. The van der Waals surface area contributed by atoms with Gasteiger partial charge in [0.1, 0.15) is 0 Å². The number of aromatic nitrogens is 1. The lowest BCUT2D eigenvalue weighted by Crippen LogP contribution is -2.35. The number of hydrogen-bond donors (Lipinski definition) is 3. The van der Waals surface area contributed by atoms with Gasteiger partial charge in [0.2, 0.25) is 5.91 Å². The zero-order valence-electron chi connectivity index (χ0n) is 12.9. The van der Waals surface area contributed by atoms with Gasteiger partial charge in [-0.3, -0.25) is 14.8 Å². The van der Waals surface area contributed by atoms with Crippen LogP contribution in [0.4, 0.5) is 0 Å². The molecule has 1 heterocycles. The Kier molecular flexibility index (Phi) is 6.67. The zero-order chi connectivity index (χ0) is 15.6. The third-order valence-electron chi connectivity index (χ3n) is 3.81. The molecule has 0 radical (unpaired) electrons. The molecule has 1 aromatic rings. The predicted octanol–water partition coefficient (Wildman–Crippen LogP) is 0.835. The molecule has 1 fully saturated rings. The summed E-state index contributed by atoms with van der Waals surface area (Å²) in [5, 5.41) is 6.01. The molecule has 0 spiro atoms. The molecule has 0 aliphatic heterocycles. The number of amides is 1. The number of nitrogens with two attached hydrogens (primary N) is 1. The Hall–Kier alpha value is -2.11. The summed E-state index contributed by atoms with van der Waals surface area (Å²) in [7, 11) is 0. The lowest BCUT2D eigenvalue weighted by molar-refractivity contribution is -0.127. The van der Waals surface area contributed by atoms with Crippen molar-refractivity contribution in [3.05, 3.63) is 30.1 Å². The van der Waals surface area contributed by atoms with Gasteiger partial charge in [0.15, 0.2) is 5.96 Å². The van der Waals surface area contributed by atoms with Gasteiger partial charge in [0, 0.05) is 43.9 Å². The van der Waals surface area contributed by atoms with E-state index in [1.165, 1.54) is 6.42 Å². The monoisotopic (exact) mass is 303 g/mol. The Balaban J connectivity index is 1.51. The fourth-order valence-electron chi connectivity index (χ4n) is 2.23. The highest BCUT2D eigenvalue weighted by atomic mass is 16.1. The molecule has 0 unspecified atom stereocenters. The Morgan fingerprint density at radius 3 is 2.86 bits per heavy atom. The van der Waals surface area contributed by atoms with Crippen LogP contribution in [-0.4, -0.2) is 36.5 Å². The van der Waals surface area contributed by atoms with Crippen molar-refractivity contribution in [3.8, 4) is 0 Å². The zero-order valence-corrected chi connectivity index (χ0v) is 12.9. The number of nitrogens with zero attached hydrogens (tertiary/aromatic N) is 2. The summed E-state index contributed by atoms with van der Waals surface area (Å²) < 4.78 is 0. The van der Waals surface area contributed by atoms with Crippen LogP contribution >= 0.6 is 0 Å². The van der Waals surface area contributed by atoms with E-state index in [0.29, 0.717) is 25.6 Å². The molecule has 22 heavy (non-hydrogen) atoms. The topological polar surface area (TPSA) is 92.4 Å². The molecule has 4 N–H and O–H groups in total. The Bertz CT molecular complexity index is 485. The molecule has 1 aromatic heterocycles. The van der Waals surface area contributed by atoms with Crippen LogP contribution in [0.2, 0.25) is 0 Å². The van der Waals surface area contributed by atoms with Gasteiger partial charge in [-0.1, -0.05) is 12.5 Å². The summed E-state index contributed by atoms with van der Waals surface area (Å²) in [6, 6.07) is 5.86. The van der Waals surface area contributed by atoms with Crippen molar-refractivity contribution < 1.29 is 4.79 Å². The maximum atomic E-state index is 11.6. The lowest BCUT2D eigenvalue weighted by Gasteiger charge is -2.23. The summed E-state index contributed by atoms with van der Waals surface area (Å²) >= 11 is 0. The van der Waals surface area contributed by atoms with Crippen LogP contribution in [0.25, 0.3) is 0 Å². The van der Waals surface area contributed by atoms with E-state index in [1.54, 1.807) is 6.20 Å². The van der Waals surface area contributed by atoms with Gasteiger partial charge in [0.25, 0.3) is 0 Å². The number of rotatable bonds is 8. The summed E-state index contributed by atoms with van der Waals surface area (Å²) in [5.41, 5.74) is 6.82. The highest BCUT2D eigenvalue weighted by Crippen LogP contribution is 2.25. The fraction of sp³-hybridized carbons (Fsp3) is 0.562. The van der Waals surface area contributed by atoms with Crippen molar-refractivity contribution >= 4 is 11.9 Å². The Morgan fingerprint density at radius 2 is 2.18 bits per heavy atom.